The standard InChI is InChI=1S/C18H17ClN8O2/c1-10-5-15-16(11(2)28)14(8-23-26(15)9-10)25-18(29)24-12-6-13(19)17(20-7-12)27-21-3-4-22-27/h3-9,11,28H,1-2H3,(H2,24,25,29)/t11-/m0/s1. The van der Waals surface area contributed by atoms with Gasteiger partial charge in [-0.25, -0.2) is 14.3 Å². The van der Waals surface area contributed by atoms with Crippen LogP contribution in [0.3, 0.4) is 0 Å². The summed E-state index contributed by atoms with van der Waals surface area (Å²) in [6.07, 6.45) is 6.99. The molecule has 0 bridgehead atoms. The molecule has 0 aliphatic heterocycles. The highest BCUT2D eigenvalue weighted by Gasteiger charge is 2.17. The van der Waals surface area contributed by atoms with Gasteiger partial charge in [-0.05, 0) is 31.5 Å². The van der Waals surface area contributed by atoms with Gasteiger partial charge in [-0.3, -0.25) is 0 Å². The molecule has 148 valence electrons. The van der Waals surface area contributed by atoms with E-state index in [-0.39, 0.29) is 5.02 Å². The number of fused-ring (bicyclic) bond motifs is 1. The molecule has 0 fully saturated rings. The van der Waals surface area contributed by atoms with Crippen LogP contribution in [0, 0.1) is 6.92 Å². The van der Waals surface area contributed by atoms with Crippen molar-refractivity contribution in [3.63, 3.8) is 0 Å². The number of carbonyl (C=O) groups excluding carboxylic acids is 1. The number of aryl methyl sites for hydroxylation is 1. The number of hydrogen-bond acceptors (Lipinski definition) is 6. The van der Waals surface area contributed by atoms with Gasteiger partial charge in [0.1, 0.15) is 0 Å². The van der Waals surface area contributed by atoms with E-state index < -0.39 is 12.1 Å². The maximum atomic E-state index is 12.5. The molecule has 4 heterocycles. The normalized spacial score (nSPS) is 12.1. The van der Waals surface area contributed by atoms with Crippen LogP contribution in [-0.4, -0.2) is 40.7 Å². The zero-order chi connectivity index (χ0) is 20.5. The van der Waals surface area contributed by atoms with E-state index in [2.05, 4.69) is 30.9 Å². The second kappa shape index (κ2) is 7.49. The number of carbonyl (C=O) groups is 1. The van der Waals surface area contributed by atoms with Crippen molar-refractivity contribution in [2.75, 3.05) is 10.6 Å². The van der Waals surface area contributed by atoms with Gasteiger partial charge in [0.05, 0.1) is 52.8 Å². The van der Waals surface area contributed by atoms with Crippen LogP contribution < -0.4 is 10.6 Å². The number of aromatic nitrogens is 6. The third-order valence-electron chi connectivity index (χ3n) is 4.17. The Bertz CT molecular complexity index is 1190. The predicted octanol–water partition coefficient (Wildman–Crippen LogP) is 2.97. The monoisotopic (exact) mass is 412 g/mol. The van der Waals surface area contributed by atoms with Crippen LogP contribution in [0.25, 0.3) is 11.3 Å². The molecule has 0 aliphatic rings. The van der Waals surface area contributed by atoms with Crippen LogP contribution in [0.5, 0.6) is 0 Å². The van der Waals surface area contributed by atoms with Crippen molar-refractivity contribution < 1.29 is 9.90 Å². The second-order valence-corrected chi connectivity index (χ2v) is 6.83. The average Bonchev–Trinajstić information content (AvgIpc) is 3.30. The van der Waals surface area contributed by atoms with E-state index in [1.807, 2.05) is 19.2 Å². The van der Waals surface area contributed by atoms with E-state index in [1.165, 1.54) is 29.6 Å². The van der Waals surface area contributed by atoms with Crippen LogP contribution in [0.4, 0.5) is 16.2 Å². The van der Waals surface area contributed by atoms with Gasteiger partial charge in [0.25, 0.3) is 0 Å². The second-order valence-electron chi connectivity index (χ2n) is 6.42. The number of aliphatic hydroxyl groups is 1. The summed E-state index contributed by atoms with van der Waals surface area (Å²) >= 11 is 6.22. The van der Waals surface area contributed by atoms with Gasteiger partial charge in [-0.2, -0.15) is 15.3 Å². The molecular formula is C18H17ClN8O2. The third kappa shape index (κ3) is 3.75. The van der Waals surface area contributed by atoms with Crippen molar-refractivity contribution in [2.45, 2.75) is 20.0 Å². The van der Waals surface area contributed by atoms with Crippen molar-refractivity contribution in [2.24, 2.45) is 0 Å². The molecule has 29 heavy (non-hydrogen) atoms. The number of anilines is 2. The van der Waals surface area contributed by atoms with Crippen LogP contribution in [0.2, 0.25) is 5.02 Å². The number of rotatable bonds is 4. The van der Waals surface area contributed by atoms with E-state index in [1.54, 1.807) is 17.5 Å². The Morgan fingerprint density at radius 2 is 1.93 bits per heavy atom. The summed E-state index contributed by atoms with van der Waals surface area (Å²) in [4.78, 5) is 17.9. The van der Waals surface area contributed by atoms with Gasteiger partial charge in [0, 0.05) is 11.8 Å². The van der Waals surface area contributed by atoms with Crippen molar-refractivity contribution in [1.82, 2.24) is 29.6 Å². The Morgan fingerprint density at radius 3 is 2.62 bits per heavy atom. The van der Waals surface area contributed by atoms with E-state index >= 15 is 0 Å². The average molecular weight is 413 g/mol. The first kappa shape index (κ1) is 18.8. The fourth-order valence-electron chi connectivity index (χ4n) is 3.00. The molecule has 3 N–H and O–H groups in total. The van der Waals surface area contributed by atoms with Gasteiger partial charge in [0.2, 0.25) is 0 Å². The number of aliphatic hydroxyl groups excluding tert-OH is 1. The maximum absolute atomic E-state index is 12.5. The highest BCUT2D eigenvalue weighted by atomic mass is 35.5. The number of hydrogen-bond donors (Lipinski definition) is 3. The van der Waals surface area contributed by atoms with Crippen LogP contribution in [-0.2, 0) is 0 Å². The van der Waals surface area contributed by atoms with E-state index in [0.29, 0.717) is 22.8 Å². The fraction of sp³-hybridized carbons (Fsp3) is 0.167. The molecule has 0 radical (unpaired) electrons. The van der Waals surface area contributed by atoms with Crippen LogP contribution in [0.1, 0.15) is 24.2 Å². The number of halogens is 1. The van der Waals surface area contributed by atoms with Gasteiger partial charge in [-0.15, -0.1) is 4.80 Å². The molecule has 0 spiro atoms. The number of nitrogens with zero attached hydrogens (tertiary/aromatic N) is 6. The number of urea groups is 1. The quantitative estimate of drug-likeness (QED) is 0.473. The van der Waals surface area contributed by atoms with E-state index in [4.69, 9.17) is 11.6 Å². The van der Waals surface area contributed by atoms with Crippen molar-refractivity contribution in [3.05, 3.63) is 59.3 Å². The summed E-state index contributed by atoms with van der Waals surface area (Å²) in [6, 6.07) is 2.91. The predicted molar refractivity (Wildman–Crippen MR) is 107 cm³/mol. The highest BCUT2D eigenvalue weighted by Crippen LogP contribution is 2.28. The Hall–Kier alpha value is -3.50. The first-order valence-electron chi connectivity index (χ1n) is 8.68. The zero-order valence-corrected chi connectivity index (χ0v) is 16.3. The molecule has 11 heteroatoms. The lowest BCUT2D eigenvalue weighted by atomic mass is 10.1. The van der Waals surface area contributed by atoms with Crippen molar-refractivity contribution in [3.8, 4) is 5.82 Å². The molecule has 4 aromatic rings. The molecule has 4 rings (SSSR count). The highest BCUT2D eigenvalue weighted by molar-refractivity contribution is 6.32. The summed E-state index contributed by atoms with van der Waals surface area (Å²) < 4.78 is 1.66. The Labute approximate surface area is 170 Å². The van der Waals surface area contributed by atoms with Crippen molar-refractivity contribution in [1.29, 1.82) is 0 Å². The largest absolute Gasteiger partial charge is 0.389 e. The minimum absolute atomic E-state index is 0.274. The van der Waals surface area contributed by atoms with E-state index in [9.17, 15) is 9.90 Å². The molecule has 10 nitrogen and oxygen atoms in total. The third-order valence-corrected chi connectivity index (χ3v) is 4.45. The number of pyridine rings is 1. The topological polar surface area (TPSA) is 122 Å². The summed E-state index contributed by atoms with van der Waals surface area (Å²) in [7, 11) is 0. The van der Waals surface area contributed by atoms with Gasteiger partial charge in [0.15, 0.2) is 5.82 Å². The summed E-state index contributed by atoms with van der Waals surface area (Å²) in [5, 5.41) is 28.1. The van der Waals surface area contributed by atoms with Crippen molar-refractivity contribution >= 4 is 34.5 Å². The minimum atomic E-state index is -0.804. The first-order valence-corrected chi connectivity index (χ1v) is 9.06. The summed E-state index contributed by atoms with van der Waals surface area (Å²) in [6.45, 7) is 3.56. The lowest BCUT2D eigenvalue weighted by Gasteiger charge is -2.15. The summed E-state index contributed by atoms with van der Waals surface area (Å²) in [5.74, 6) is 0.345. The lowest BCUT2D eigenvalue weighted by molar-refractivity contribution is 0.201. The van der Waals surface area contributed by atoms with Crippen LogP contribution in [0.15, 0.2) is 43.1 Å². The summed E-state index contributed by atoms with van der Waals surface area (Å²) in [5.41, 5.74) is 3.07. The fourth-order valence-corrected chi connectivity index (χ4v) is 3.24. The molecule has 2 amide bonds. The molecule has 0 aromatic carbocycles. The zero-order valence-electron chi connectivity index (χ0n) is 15.5. The van der Waals surface area contributed by atoms with Gasteiger partial charge < -0.3 is 15.7 Å². The van der Waals surface area contributed by atoms with Gasteiger partial charge in [-0.1, -0.05) is 11.6 Å². The van der Waals surface area contributed by atoms with Gasteiger partial charge >= 0.3 is 6.03 Å². The molecule has 1 atom stereocenters. The Balaban J connectivity index is 1.56. The first-order chi connectivity index (χ1) is 13.9. The smallest absolute Gasteiger partial charge is 0.323 e. The molecule has 4 aromatic heterocycles. The molecule has 0 unspecified atom stereocenters. The number of nitrogens with one attached hydrogen (secondary N) is 2. The minimum Gasteiger partial charge on any atom is -0.389 e. The molecular weight excluding hydrogens is 396 g/mol. The Kier molecular flexibility index (Phi) is 4.87. The van der Waals surface area contributed by atoms with Crippen LogP contribution >= 0.6 is 11.6 Å². The SMILES string of the molecule is Cc1cc2c([C@H](C)O)c(NC(=O)Nc3cnc(-n4nccn4)c(Cl)c3)cnn2c1. The Morgan fingerprint density at radius 1 is 1.17 bits per heavy atom. The van der Waals surface area contributed by atoms with E-state index in [0.717, 1.165) is 11.1 Å². The molecule has 0 aliphatic carbocycles. The molecule has 0 saturated carbocycles. The lowest BCUT2D eigenvalue weighted by Crippen LogP contribution is -2.21. The number of amides is 2. The maximum Gasteiger partial charge on any atom is 0.323 e. The molecule has 0 saturated heterocycles.